The van der Waals surface area contributed by atoms with Crippen molar-refractivity contribution < 1.29 is 9.53 Å². The first-order valence-corrected chi connectivity index (χ1v) is 5.98. The maximum absolute atomic E-state index is 11.2. The molecule has 0 unspecified atom stereocenters. The van der Waals surface area contributed by atoms with Crippen molar-refractivity contribution in [3.05, 3.63) is 35.4 Å². The van der Waals surface area contributed by atoms with E-state index in [1.807, 2.05) is 52.8 Å². The molecule has 0 spiro atoms. The highest BCUT2D eigenvalue weighted by Gasteiger charge is 2.04. The molecule has 0 aliphatic carbocycles. The smallest absolute Gasteiger partial charge is 0.338 e. The van der Waals surface area contributed by atoms with Crippen molar-refractivity contribution in [3.8, 4) is 0 Å². The van der Waals surface area contributed by atoms with Gasteiger partial charge in [-0.1, -0.05) is 45.4 Å². The summed E-state index contributed by atoms with van der Waals surface area (Å²) in [7, 11) is 0. The average molecular weight is 224 g/mol. The molecule has 16 heavy (non-hydrogen) atoms. The van der Waals surface area contributed by atoms with E-state index in [0.717, 1.165) is 5.56 Å². The van der Waals surface area contributed by atoms with Gasteiger partial charge in [-0.25, -0.2) is 4.79 Å². The normalized spacial score (nSPS) is 7.88. The average Bonchev–Trinajstić information content (AvgIpc) is 2.34. The second-order valence-electron chi connectivity index (χ2n) is 2.59. The summed E-state index contributed by atoms with van der Waals surface area (Å²) in [6.45, 7) is 12.2. The minimum absolute atomic E-state index is 0.249. The van der Waals surface area contributed by atoms with Gasteiger partial charge in [0.1, 0.15) is 0 Å². The van der Waals surface area contributed by atoms with Gasteiger partial charge in [-0.2, -0.15) is 0 Å². The maximum atomic E-state index is 11.2. The lowest BCUT2D eigenvalue weighted by atomic mass is 10.1. The van der Waals surface area contributed by atoms with E-state index in [4.69, 9.17) is 4.74 Å². The van der Waals surface area contributed by atoms with Crippen LogP contribution in [0, 0.1) is 6.92 Å². The summed E-state index contributed by atoms with van der Waals surface area (Å²) in [6.07, 6.45) is 0. The fraction of sp³-hybridized carbons (Fsp3) is 0.500. The Kier molecular flexibility index (Phi) is 12.6. The summed E-state index contributed by atoms with van der Waals surface area (Å²) in [6, 6.07) is 7.37. The molecule has 0 amide bonds. The molecule has 92 valence electrons. The molecule has 0 aromatic heterocycles. The summed E-state index contributed by atoms with van der Waals surface area (Å²) in [5, 5.41) is 0. The Morgan fingerprint density at radius 3 is 2.19 bits per heavy atom. The van der Waals surface area contributed by atoms with Crippen LogP contribution in [0.4, 0.5) is 0 Å². The van der Waals surface area contributed by atoms with Crippen LogP contribution in [-0.4, -0.2) is 12.6 Å². The lowest BCUT2D eigenvalue weighted by molar-refractivity contribution is 0.0526. The highest BCUT2D eigenvalue weighted by molar-refractivity contribution is 5.89. The number of ether oxygens (including phenoxy) is 1. The third kappa shape index (κ3) is 7.04. The van der Waals surface area contributed by atoms with Crippen LogP contribution in [0.5, 0.6) is 0 Å². The van der Waals surface area contributed by atoms with Crippen molar-refractivity contribution in [3.63, 3.8) is 0 Å². The van der Waals surface area contributed by atoms with Gasteiger partial charge in [0.2, 0.25) is 0 Å². The summed E-state index contributed by atoms with van der Waals surface area (Å²) in [4.78, 5) is 11.2. The van der Waals surface area contributed by atoms with Crippen molar-refractivity contribution in [2.45, 2.75) is 41.5 Å². The Morgan fingerprint density at radius 1 is 1.19 bits per heavy atom. The lowest BCUT2D eigenvalue weighted by Gasteiger charge is -2.01. The van der Waals surface area contributed by atoms with Crippen LogP contribution >= 0.6 is 0 Å². The fourth-order valence-corrected chi connectivity index (χ4v) is 0.986. The van der Waals surface area contributed by atoms with Gasteiger partial charge in [0.15, 0.2) is 0 Å². The summed E-state index contributed by atoms with van der Waals surface area (Å²) < 4.78 is 4.84. The topological polar surface area (TPSA) is 26.3 Å². The number of benzene rings is 1. The van der Waals surface area contributed by atoms with Crippen LogP contribution in [0.3, 0.4) is 0 Å². The van der Waals surface area contributed by atoms with E-state index >= 15 is 0 Å². The molecular weight excluding hydrogens is 200 g/mol. The highest BCUT2D eigenvalue weighted by atomic mass is 16.5. The maximum Gasteiger partial charge on any atom is 0.338 e. The molecule has 0 N–H and O–H groups in total. The second kappa shape index (κ2) is 11.8. The number of carbonyl (C=O) groups is 1. The van der Waals surface area contributed by atoms with Crippen molar-refractivity contribution in [2.75, 3.05) is 6.61 Å². The number of aryl methyl sites for hydroxylation is 1. The minimum atomic E-state index is -0.249. The Labute approximate surface area is 99.6 Å². The minimum Gasteiger partial charge on any atom is -0.462 e. The molecular formula is C14H24O2. The van der Waals surface area contributed by atoms with E-state index in [1.54, 1.807) is 13.0 Å². The van der Waals surface area contributed by atoms with Crippen LogP contribution < -0.4 is 0 Å². The first kappa shape index (κ1) is 17.1. The van der Waals surface area contributed by atoms with Crippen LogP contribution in [-0.2, 0) is 4.74 Å². The molecule has 0 radical (unpaired) electrons. The first-order valence-electron chi connectivity index (χ1n) is 5.98. The Hall–Kier alpha value is -1.31. The van der Waals surface area contributed by atoms with Gasteiger partial charge >= 0.3 is 5.97 Å². The second-order valence-corrected chi connectivity index (χ2v) is 2.59. The van der Waals surface area contributed by atoms with E-state index in [9.17, 15) is 4.79 Å². The third-order valence-electron chi connectivity index (χ3n) is 1.53. The summed E-state index contributed by atoms with van der Waals surface area (Å²) in [5.41, 5.74) is 1.69. The zero-order valence-electron chi connectivity index (χ0n) is 11.3. The molecule has 0 saturated heterocycles. The SMILES string of the molecule is CC.CC.CCOC(=O)c1cccc(C)c1. The summed E-state index contributed by atoms with van der Waals surface area (Å²) in [5.74, 6) is -0.249. The predicted molar refractivity (Wildman–Crippen MR) is 69.8 cm³/mol. The van der Waals surface area contributed by atoms with Crippen molar-refractivity contribution in [1.82, 2.24) is 0 Å². The van der Waals surface area contributed by atoms with E-state index < -0.39 is 0 Å². The Morgan fingerprint density at radius 2 is 1.75 bits per heavy atom. The van der Waals surface area contributed by atoms with Crippen molar-refractivity contribution in [2.24, 2.45) is 0 Å². The van der Waals surface area contributed by atoms with Gasteiger partial charge in [0.25, 0.3) is 0 Å². The molecule has 2 nitrogen and oxygen atoms in total. The molecule has 0 fully saturated rings. The zero-order chi connectivity index (χ0) is 13.0. The van der Waals surface area contributed by atoms with Crippen LogP contribution in [0.1, 0.15) is 50.5 Å². The molecule has 0 bridgehead atoms. The van der Waals surface area contributed by atoms with E-state index in [-0.39, 0.29) is 5.97 Å². The largest absolute Gasteiger partial charge is 0.462 e. The number of carbonyl (C=O) groups excluding carboxylic acids is 1. The van der Waals surface area contributed by atoms with Crippen molar-refractivity contribution >= 4 is 5.97 Å². The predicted octanol–water partition coefficient (Wildman–Crippen LogP) is 4.22. The highest BCUT2D eigenvalue weighted by Crippen LogP contribution is 2.05. The van der Waals surface area contributed by atoms with Crippen LogP contribution in [0.25, 0.3) is 0 Å². The standard InChI is InChI=1S/C10H12O2.2C2H6/c1-3-12-10(11)9-6-4-5-8(2)7-9;2*1-2/h4-7H,3H2,1-2H3;2*1-2H3. The van der Waals surface area contributed by atoms with Gasteiger partial charge in [0, 0.05) is 0 Å². The fourth-order valence-electron chi connectivity index (χ4n) is 0.986. The Balaban J connectivity index is 0. The van der Waals surface area contributed by atoms with E-state index in [0.29, 0.717) is 12.2 Å². The van der Waals surface area contributed by atoms with Gasteiger partial charge in [-0.15, -0.1) is 0 Å². The molecule has 1 aromatic rings. The monoisotopic (exact) mass is 224 g/mol. The number of hydrogen-bond acceptors (Lipinski definition) is 2. The number of esters is 1. The lowest BCUT2D eigenvalue weighted by Crippen LogP contribution is -2.04. The summed E-state index contributed by atoms with van der Waals surface area (Å²) >= 11 is 0. The van der Waals surface area contributed by atoms with Gasteiger partial charge in [-0.3, -0.25) is 0 Å². The quantitative estimate of drug-likeness (QED) is 0.703. The van der Waals surface area contributed by atoms with E-state index in [2.05, 4.69) is 0 Å². The molecule has 0 atom stereocenters. The number of rotatable bonds is 2. The molecule has 0 aliphatic rings. The Bertz CT molecular complexity index is 280. The molecule has 0 heterocycles. The van der Waals surface area contributed by atoms with Crippen LogP contribution in [0.15, 0.2) is 24.3 Å². The van der Waals surface area contributed by atoms with Crippen LogP contribution in [0.2, 0.25) is 0 Å². The zero-order valence-corrected chi connectivity index (χ0v) is 11.3. The number of hydrogen-bond donors (Lipinski definition) is 0. The molecule has 0 aliphatic heterocycles. The molecule has 0 saturated carbocycles. The third-order valence-corrected chi connectivity index (χ3v) is 1.53. The first-order chi connectivity index (χ1) is 7.74. The van der Waals surface area contributed by atoms with Gasteiger partial charge in [-0.05, 0) is 26.0 Å². The van der Waals surface area contributed by atoms with Gasteiger partial charge in [0.05, 0.1) is 12.2 Å². The van der Waals surface area contributed by atoms with E-state index in [1.165, 1.54) is 0 Å². The molecule has 1 aromatic carbocycles. The molecule has 2 heteroatoms. The van der Waals surface area contributed by atoms with Gasteiger partial charge < -0.3 is 4.74 Å². The van der Waals surface area contributed by atoms with Crippen molar-refractivity contribution in [1.29, 1.82) is 0 Å². The molecule has 1 rings (SSSR count).